The van der Waals surface area contributed by atoms with Gasteiger partial charge in [-0.3, -0.25) is 0 Å². The van der Waals surface area contributed by atoms with Gasteiger partial charge in [-0.15, -0.1) is 0 Å². The van der Waals surface area contributed by atoms with Crippen molar-refractivity contribution in [1.29, 1.82) is 0 Å². The molecule has 0 N–H and O–H groups in total. The lowest BCUT2D eigenvalue weighted by Gasteiger charge is -2.32. The van der Waals surface area contributed by atoms with E-state index in [9.17, 15) is 0 Å². The molecule has 41 heavy (non-hydrogen) atoms. The topological polar surface area (TPSA) is 6.48 Å². The van der Waals surface area contributed by atoms with Gasteiger partial charge in [-0.25, -0.2) is 0 Å². The minimum atomic E-state index is -1.11. The van der Waals surface area contributed by atoms with Crippen LogP contribution in [0.2, 0.25) is 11.6 Å². The molecule has 0 saturated carbocycles. The first-order valence-corrected chi connectivity index (χ1v) is 16.1. The van der Waals surface area contributed by atoms with E-state index in [-0.39, 0.29) is 0 Å². The molecule has 0 spiro atoms. The largest absolute Gasteiger partial charge is 0.309 e. The molecule has 0 fully saturated rings. The van der Waals surface area contributed by atoms with Crippen LogP contribution in [0.1, 0.15) is 0 Å². The van der Waals surface area contributed by atoms with Crippen molar-refractivity contribution in [3.8, 4) is 0 Å². The zero-order chi connectivity index (χ0) is 28.0. The summed E-state index contributed by atoms with van der Waals surface area (Å²) in [7, 11) is -1.11. The fraction of sp³-hybridized carbons (Fsp3) is 0.0270. The molecule has 6 aromatic rings. The van der Waals surface area contributed by atoms with Gasteiger partial charge in [0, 0.05) is 22.7 Å². The molecular weight excluding hydrogens is 536 g/mol. The van der Waals surface area contributed by atoms with Crippen LogP contribution in [0.25, 0.3) is 0 Å². The Kier molecular flexibility index (Phi) is 7.99. The smallest absolute Gasteiger partial charge is 0.118 e. The molecule has 199 valence electrons. The maximum Gasteiger partial charge on any atom is 0.118 e. The first-order chi connectivity index (χ1) is 20.2. The Labute approximate surface area is 249 Å². The van der Waals surface area contributed by atoms with Crippen molar-refractivity contribution in [1.82, 2.24) is 0 Å². The summed E-state index contributed by atoms with van der Waals surface area (Å²) < 4.78 is 0. The highest BCUT2D eigenvalue weighted by molar-refractivity contribution is 6.84. The van der Waals surface area contributed by atoms with E-state index in [0.29, 0.717) is 5.02 Å². The first kappa shape index (κ1) is 26.6. The average molecular weight is 566 g/mol. The summed E-state index contributed by atoms with van der Waals surface area (Å²) >= 11 is 7.55. The Morgan fingerprint density at radius 2 is 0.707 bits per heavy atom. The van der Waals surface area contributed by atoms with Crippen LogP contribution >= 0.6 is 11.6 Å². The lowest BCUT2D eigenvalue weighted by Crippen LogP contribution is -2.39. The number of hydrogen-bond donors (Lipinski definition) is 0. The van der Waals surface area contributed by atoms with E-state index in [0.717, 1.165) is 34.1 Å². The van der Waals surface area contributed by atoms with Crippen molar-refractivity contribution in [2.24, 2.45) is 0 Å². The quantitative estimate of drug-likeness (QED) is 0.169. The minimum absolute atomic E-state index is 0.692. The van der Waals surface area contributed by atoms with E-state index in [1.807, 2.05) is 24.3 Å². The Morgan fingerprint density at radius 1 is 0.415 bits per heavy atom. The van der Waals surface area contributed by atoms with Gasteiger partial charge in [-0.2, -0.15) is 0 Å². The molecule has 0 aliphatic rings. The summed E-state index contributed by atoms with van der Waals surface area (Å²) in [5.74, 6) is 0. The zero-order valence-corrected chi connectivity index (χ0v) is 24.6. The predicted molar refractivity (Wildman–Crippen MR) is 178 cm³/mol. The minimum Gasteiger partial charge on any atom is -0.309 e. The second kappa shape index (κ2) is 12.3. The predicted octanol–water partition coefficient (Wildman–Crippen LogP) is 9.52. The van der Waals surface area contributed by atoms with E-state index < -0.39 is 8.80 Å². The molecule has 0 saturated heterocycles. The van der Waals surface area contributed by atoms with Gasteiger partial charge >= 0.3 is 0 Å². The third-order valence-electron chi connectivity index (χ3n) is 7.21. The van der Waals surface area contributed by atoms with Gasteiger partial charge in [0.1, 0.15) is 8.80 Å². The van der Waals surface area contributed by atoms with Gasteiger partial charge in [0.25, 0.3) is 0 Å². The lowest BCUT2D eigenvalue weighted by atomic mass is 10.1. The summed E-state index contributed by atoms with van der Waals surface area (Å²) in [5, 5.41) is 3.33. The van der Waals surface area contributed by atoms with Gasteiger partial charge < -0.3 is 9.80 Å². The highest BCUT2D eigenvalue weighted by Crippen LogP contribution is 2.46. The van der Waals surface area contributed by atoms with Crippen LogP contribution in [0, 0.1) is 0 Å². The molecule has 0 heterocycles. The molecule has 0 aliphatic heterocycles. The van der Waals surface area contributed by atoms with Gasteiger partial charge in [0.05, 0.1) is 16.4 Å². The second-order valence-corrected chi connectivity index (χ2v) is 12.6. The fourth-order valence-corrected chi connectivity index (χ4v) is 7.16. The van der Waals surface area contributed by atoms with E-state index in [2.05, 4.69) is 156 Å². The molecule has 0 bridgehead atoms. The molecule has 4 heteroatoms. The number of benzene rings is 6. The summed E-state index contributed by atoms with van der Waals surface area (Å²) in [6.45, 7) is 2.36. The maximum absolute atomic E-state index is 7.55. The molecule has 2 nitrogen and oxygen atoms in total. The Hall–Kier alpha value is -4.57. The maximum atomic E-state index is 7.55. The van der Waals surface area contributed by atoms with Gasteiger partial charge in [0.2, 0.25) is 0 Å². The van der Waals surface area contributed by atoms with Crippen molar-refractivity contribution in [2.45, 2.75) is 6.55 Å². The van der Waals surface area contributed by atoms with Crippen LogP contribution in [-0.4, -0.2) is 8.80 Å². The average Bonchev–Trinajstić information content (AvgIpc) is 3.05. The number of para-hydroxylation sites is 4. The highest BCUT2D eigenvalue weighted by atomic mass is 35.5. The van der Waals surface area contributed by atoms with Crippen molar-refractivity contribution in [3.63, 3.8) is 0 Å². The van der Waals surface area contributed by atoms with Gasteiger partial charge in [0.15, 0.2) is 0 Å². The molecular formula is C37H30ClN2Si. The molecule has 6 aromatic carbocycles. The molecule has 0 atom stereocenters. The Bertz CT molecular complexity index is 1510. The van der Waals surface area contributed by atoms with Gasteiger partial charge in [-0.05, 0) is 60.7 Å². The van der Waals surface area contributed by atoms with E-state index in [1.54, 1.807) is 0 Å². The molecule has 6 rings (SSSR count). The SMILES string of the molecule is C[Si](c1ccccc1)c1cc(N(c2ccccc2)c2ccccc2)c(Cl)c(N(c2ccccc2)c2ccccc2)c1. The molecule has 0 amide bonds. The zero-order valence-electron chi connectivity index (χ0n) is 22.9. The number of nitrogens with zero attached hydrogens (tertiary/aromatic N) is 2. The van der Waals surface area contributed by atoms with Crippen LogP contribution < -0.4 is 20.2 Å². The number of rotatable bonds is 8. The van der Waals surface area contributed by atoms with Crippen LogP contribution in [0.3, 0.4) is 0 Å². The number of anilines is 6. The monoisotopic (exact) mass is 565 g/mol. The molecule has 0 aromatic heterocycles. The second-order valence-electron chi connectivity index (χ2n) is 9.83. The number of hydrogen-bond acceptors (Lipinski definition) is 2. The first-order valence-electron chi connectivity index (χ1n) is 13.7. The summed E-state index contributed by atoms with van der Waals surface area (Å²) in [4.78, 5) is 4.54. The van der Waals surface area contributed by atoms with Crippen molar-refractivity contribution < 1.29 is 0 Å². The Morgan fingerprint density at radius 3 is 1.02 bits per heavy atom. The summed E-state index contributed by atoms with van der Waals surface area (Å²) in [5.41, 5.74) is 6.12. The van der Waals surface area contributed by atoms with Crippen LogP contribution in [-0.2, 0) is 0 Å². The van der Waals surface area contributed by atoms with E-state index in [1.165, 1.54) is 10.4 Å². The normalized spacial score (nSPS) is 10.9. The fourth-order valence-electron chi connectivity index (χ4n) is 5.15. The van der Waals surface area contributed by atoms with Crippen LogP contribution in [0.4, 0.5) is 34.1 Å². The Balaban J connectivity index is 1.64. The van der Waals surface area contributed by atoms with Crippen molar-refractivity contribution in [2.75, 3.05) is 9.80 Å². The van der Waals surface area contributed by atoms with E-state index >= 15 is 0 Å². The highest BCUT2D eigenvalue weighted by Gasteiger charge is 2.25. The third-order valence-corrected chi connectivity index (χ3v) is 9.95. The van der Waals surface area contributed by atoms with Crippen molar-refractivity contribution in [3.05, 3.63) is 169 Å². The number of halogens is 1. The lowest BCUT2D eigenvalue weighted by molar-refractivity contribution is 1.25. The molecule has 0 aliphatic carbocycles. The molecule has 1 radical (unpaired) electrons. The van der Waals surface area contributed by atoms with Crippen LogP contribution in [0.15, 0.2) is 164 Å². The van der Waals surface area contributed by atoms with E-state index in [4.69, 9.17) is 11.6 Å². The third kappa shape index (κ3) is 5.69. The summed E-state index contributed by atoms with van der Waals surface area (Å²) in [6.07, 6.45) is 0. The summed E-state index contributed by atoms with van der Waals surface area (Å²) in [6, 6.07) is 57.2. The van der Waals surface area contributed by atoms with Crippen molar-refractivity contribution >= 4 is 64.9 Å². The van der Waals surface area contributed by atoms with Crippen LogP contribution in [0.5, 0.6) is 0 Å². The molecule has 0 unspecified atom stereocenters. The standard InChI is InChI=1S/C37H30ClN2Si/c1-41(33-25-15-6-16-26-33)34-27-35(39(29-17-7-2-8-18-29)30-19-9-3-10-20-30)37(38)36(28-34)40(31-21-11-4-12-22-31)32-23-13-5-14-24-32/h2-28H,1H3. The van der Waals surface area contributed by atoms with Gasteiger partial charge in [-0.1, -0.05) is 132 Å².